The number of rotatable bonds is 29. The van der Waals surface area contributed by atoms with Crippen LogP contribution < -0.4 is 33.0 Å². The van der Waals surface area contributed by atoms with Crippen molar-refractivity contribution in [3.05, 3.63) is 65.2 Å². The Bertz CT molecular complexity index is 878. The number of methoxy groups -OCH3 is 1. The van der Waals surface area contributed by atoms with Gasteiger partial charge in [-0.2, -0.15) is 0 Å². The third-order valence-electron chi connectivity index (χ3n) is 6.20. The van der Waals surface area contributed by atoms with Gasteiger partial charge in [0.2, 0.25) is 0 Å². The Balaban J connectivity index is 0. The van der Waals surface area contributed by atoms with Crippen LogP contribution in [0.1, 0.15) is 41.8 Å². The highest BCUT2D eigenvalue weighted by atomic mass is 16.5. The van der Waals surface area contributed by atoms with Gasteiger partial charge in [-0.3, -0.25) is 4.79 Å². The molecule has 0 heterocycles. The van der Waals surface area contributed by atoms with Crippen molar-refractivity contribution in [1.82, 2.24) is 5.32 Å². The van der Waals surface area contributed by atoms with Gasteiger partial charge in [-0.05, 0) is 54.7 Å². The van der Waals surface area contributed by atoms with Crippen molar-refractivity contribution < 1.29 is 38.0 Å². The minimum absolute atomic E-state index is 0. The van der Waals surface area contributed by atoms with Crippen molar-refractivity contribution in [3.63, 3.8) is 0 Å². The SMILES string of the molecule is C.COc1ccc(C=O)cc1.NCCOCCOCCCCc1ccc(CNCCOCCOCCN)cc1.NCCOCCOCCN. The summed E-state index contributed by atoms with van der Waals surface area (Å²) in [6, 6.07) is 15.7. The first-order valence-corrected chi connectivity index (χ1v) is 16.8. The van der Waals surface area contributed by atoms with E-state index in [0.29, 0.717) is 104 Å². The standard InChI is InChI=1S/C21H39N3O4.C8H8O2.C6H16N2O2.CH4/c22-8-12-26-16-15-25-11-2-1-3-20-4-6-21(7-5-20)19-24-10-14-28-18-17-27-13-9-23;1-10-8-4-2-7(6-9)3-5-8;7-1-3-9-5-6-10-4-2-8;/h4-7,24H,1-3,8-19,22-23H2;2-6H,1H3;1-8H2;1H4. The molecule has 0 aromatic heterocycles. The number of aryl methyl sites for hydroxylation is 1. The molecule has 284 valence electrons. The van der Waals surface area contributed by atoms with Crippen molar-refractivity contribution in [2.24, 2.45) is 22.9 Å². The summed E-state index contributed by atoms with van der Waals surface area (Å²) in [6.45, 7) is 11.5. The third kappa shape index (κ3) is 33.7. The van der Waals surface area contributed by atoms with E-state index >= 15 is 0 Å². The van der Waals surface area contributed by atoms with Crippen LogP contribution in [0.25, 0.3) is 0 Å². The molecule has 0 saturated carbocycles. The van der Waals surface area contributed by atoms with Crippen LogP contribution in [-0.2, 0) is 41.4 Å². The van der Waals surface area contributed by atoms with Gasteiger partial charge in [0.05, 0.1) is 79.8 Å². The smallest absolute Gasteiger partial charge is 0.150 e. The minimum atomic E-state index is 0. The lowest BCUT2D eigenvalue weighted by Crippen LogP contribution is -2.20. The maximum atomic E-state index is 10.2. The predicted molar refractivity (Wildman–Crippen MR) is 197 cm³/mol. The molecule has 9 N–H and O–H groups in total. The number of unbranched alkanes of at least 4 members (excludes halogenated alkanes) is 1. The van der Waals surface area contributed by atoms with Crippen LogP contribution in [0.3, 0.4) is 0 Å². The summed E-state index contributed by atoms with van der Waals surface area (Å²) in [4.78, 5) is 10.2. The van der Waals surface area contributed by atoms with E-state index in [0.717, 1.165) is 51.0 Å². The van der Waals surface area contributed by atoms with Gasteiger partial charge >= 0.3 is 0 Å². The molecule has 0 aliphatic carbocycles. The maximum absolute atomic E-state index is 10.2. The molecule has 0 saturated heterocycles. The topological polar surface area (TPSA) is 198 Å². The van der Waals surface area contributed by atoms with Crippen LogP contribution in [0.2, 0.25) is 0 Å². The molecule has 0 aliphatic rings. The van der Waals surface area contributed by atoms with Crippen LogP contribution in [0.15, 0.2) is 48.5 Å². The number of benzene rings is 2. The average molecular weight is 698 g/mol. The molecule has 2 rings (SSSR count). The fraction of sp³-hybridized carbons (Fsp3) is 0.639. The zero-order chi connectivity index (χ0) is 35.2. The van der Waals surface area contributed by atoms with Crippen molar-refractivity contribution in [1.29, 1.82) is 0 Å². The summed E-state index contributed by atoms with van der Waals surface area (Å²) in [7, 11) is 1.59. The first kappa shape index (κ1) is 48.6. The fourth-order valence-electron chi connectivity index (χ4n) is 3.72. The van der Waals surface area contributed by atoms with E-state index in [-0.39, 0.29) is 7.43 Å². The van der Waals surface area contributed by atoms with Crippen LogP contribution in [-0.4, -0.2) is 125 Å². The molecule has 0 fully saturated rings. The molecular formula is C36H67N5O8. The number of hydrogen-bond donors (Lipinski definition) is 5. The van der Waals surface area contributed by atoms with E-state index in [1.165, 1.54) is 11.1 Å². The molecule has 0 atom stereocenters. The Morgan fingerprint density at radius 3 is 1.41 bits per heavy atom. The van der Waals surface area contributed by atoms with Gasteiger partial charge in [-0.1, -0.05) is 31.7 Å². The van der Waals surface area contributed by atoms with E-state index in [4.69, 9.17) is 56.1 Å². The Hall–Kier alpha value is -2.53. The van der Waals surface area contributed by atoms with Gasteiger partial charge in [0.25, 0.3) is 0 Å². The molecule has 49 heavy (non-hydrogen) atoms. The highest BCUT2D eigenvalue weighted by Gasteiger charge is 1.98. The summed E-state index contributed by atoms with van der Waals surface area (Å²) in [5, 5.41) is 3.39. The summed E-state index contributed by atoms with van der Waals surface area (Å²) >= 11 is 0. The van der Waals surface area contributed by atoms with Crippen LogP contribution in [0.5, 0.6) is 5.75 Å². The average Bonchev–Trinajstić information content (AvgIpc) is 3.13. The zero-order valence-electron chi connectivity index (χ0n) is 29.1. The molecule has 0 radical (unpaired) electrons. The van der Waals surface area contributed by atoms with E-state index in [9.17, 15) is 4.79 Å². The highest BCUT2D eigenvalue weighted by Crippen LogP contribution is 2.09. The lowest BCUT2D eigenvalue weighted by atomic mass is 10.1. The number of nitrogens with one attached hydrogen (secondary N) is 1. The number of carbonyl (C=O) groups excluding carboxylic acids is 1. The van der Waals surface area contributed by atoms with Crippen molar-refractivity contribution in [2.45, 2.75) is 33.2 Å². The second kappa shape index (κ2) is 39.9. The molecule has 13 heteroatoms. The second-order valence-electron chi connectivity index (χ2n) is 10.2. The number of nitrogens with two attached hydrogens (primary N) is 4. The number of ether oxygens (including phenoxy) is 7. The molecule has 0 amide bonds. The van der Waals surface area contributed by atoms with Crippen molar-refractivity contribution >= 4 is 6.29 Å². The van der Waals surface area contributed by atoms with E-state index < -0.39 is 0 Å². The lowest BCUT2D eigenvalue weighted by Gasteiger charge is -2.08. The van der Waals surface area contributed by atoms with Crippen LogP contribution in [0, 0.1) is 0 Å². The summed E-state index contributed by atoms with van der Waals surface area (Å²) in [5.41, 5.74) is 24.4. The molecular weight excluding hydrogens is 630 g/mol. The van der Waals surface area contributed by atoms with E-state index in [2.05, 4.69) is 29.6 Å². The minimum Gasteiger partial charge on any atom is -0.497 e. The normalized spacial score (nSPS) is 10.3. The summed E-state index contributed by atoms with van der Waals surface area (Å²) in [5.74, 6) is 0.769. The highest BCUT2D eigenvalue weighted by molar-refractivity contribution is 5.74. The molecule has 0 spiro atoms. The largest absolute Gasteiger partial charge is 0.497 e. The van der Waals surface area contributed by atoms with Crippen LogP contribution >= 0.6 is 0 Å². The molecule has 2 aromatic carbocycles. The molecule has 0 bridgehead atoms. The number of carbonyl (C=O) groups is 1. The van der Waals surface area contributed by atoms with Gasteiger partial charge < -0.3 is 61.4 Å². The number of hydrogen-bond acceptors (Lipinski definition) is 13. The Morgan fingerprint density at radius 1 is 0.551 bits per heavy atom. The first-order valence-electron chi connectivity index (χ1n) is 16.8. The lowest BCUT2D eigenvalue weighted by molar-refractivity contribution is 0.0494. The Labute approximate surface area is 295 Å². The third-order valence-corrected chi connectivity index (χ3v) is 6.20. The van der Waals surface area contributed by atoms with Crippen molar-refractivity contribution in [2.75, 3.05) is 119 Å². The first-order chi connectivity index (χ1) is 23.6. The fourth-order valence-corrected chi connectivity index (χ4v) is 3.72. The quantitative estimate of drug-likeness (QED) is 0.0613. The Morgan fingerprint density at radius 2 is 0.980 bits per heavy atom. The van der Waals surface area contributed by atoms with E-state index in [1.807, 2.05) is 0 Å². The van der Waals surface area contributed by atoms with Crippen molar-refractivity contribution in [3.8, 4) is 5.75 Å². The Kier molecular flexibility index (Phi) is 39.6. The molecule has 2 aromatic rings. The van der Waals surface area contributed by atoms with Gasteiger partial charge in [-0.25, -0.2) is 0 Å². The van der Waals surface area contributed by atoms with Gasteiger partial charge in [0.15, 0.2) is 0 Å². The monoisotopic (exact) mass is 697 g/mol. The summed E-state index contributed by atoms with van der Waals surface area (Å²) < 4.78 is 36.5. The van der Waals surface area contributed by atoms with Gasteiger partial charge in [0.1, 0.15) is 12.0 Å². The summed E-state index contributed by atoms with van der Waals surface area (Å²) in [6.07, 6.45) is 4.09. The zero-order valence-corrected chi connectivity index (χ0v) is 29.1. The van der Waals surface area contributed by atoms with Gasteiger partial charge in [-0.15, -0.1) is 0 Å². The maximum Gasteiger partial charge on any atom is 0.150 e. The molecule has 0 aliphatic heterocycles. The second-order valence-corrected chi connectivity index (χ2v) is 10.2. The predicted octanol–water partition coefficient (Wildman–Crippen LogP) is 2.16. The number of aldehydes is 1. The van der Waals surface area contributed by atoms with E-state index in [1.54, 1.807) is 31.4 Å². The molecule has 13 nitrogen and oxygen atoms in total. The van der Waals surface area contributed by atoms with Crippen LogP contribution in [0.4, 0.5) is 0 Å². The molecule has 0 unspecified atom stereocenters. The van der Waals surface area contributed by atoms with Gasteiger partial charge in [0, 0.05) is 51.4 Å².